The molecule has 0 aliphatic carbocycles. The van der Waals surface area contributed by atoms with Gasteiger partial charge in [-0.2, -0.15) is 0 Å². The van der Waals surface area contributed by atoms with Crippen LogP contribution in [0.15, 0.2) is 0 Å². The Morgan fingerprint density at radius 2 is 1.47 bits per heavy atom. The fourth-order valence-electron chi connectivity index (χ4n) is 1.84. The third-order valence-corrected chi connectivity index (χ3v) is 2.86. The third kappa shape index (κ3) is 3.39. The highest BCUT2D eigenvalue weighted by atomic mass is 16.4. The second kappa shape index (κ2) is 5.77. The Morgan fingerprint density at radius 1 is 1.00 bits per heavy atom. The molecule has 1 aliphatic heterocycles. The number of rotatable bonds is 3. The van der Waals surface area contributed by atoms with Gasteiger partial charge in [-0.15, -0.1) is 0 Å². The molecular formula is C10H21NO4. The molecule has 0 aromatic rings. The number of hydrogen-bond donors (Lipinski definition) is 4. The van der Waals surface area contributed by atoms with Crippen molar-refractivity contribution in [3.05, 3.63) is 0 Å². The van der Waals surface area contributed by atoms with E-state index in [0.29, 0.717) is 13.1 Å². The summed E-state index contributed by atoms with van der Waals surface area (Å²) in [6, 6.07) is 0. The van der Waals surface area contributed by atoms with Crippen LogP contribution < -0.4 is 0 Å². The Balaban J connectivity index is 2.55. The van der Waals surface area contributed by atoms with Crippen LogP contribution in [-0.4, -0.2) is 69.4 Å². The highest BCUT2D eigenvalue weighted by Crippen LogP contribution is 2.13. The lowest BCUT2D eigenvalue weighted by atomic mass is 10.1. The average molecular weight is 219 g/mol. The molecule has 0 saturated carbocycles. The largest absolute Gasteiger partial charge is 0.389 e. The summed E-state index contributed by atoms with van der Waals surface area (Å²) in [5.41, 5.74) is 0. The van der Waals surface area contributed by atoms with Gasteiger partial charge in [-0.25, -0.2) is 0 Å². The summed E-state index contributed by atoms with van der Waals surface area (Å²) in [7, 11) is 0. The number of unbranched alkanes of at least 4 members (excludes halogenated alkanes) is 1. The van der Waals surface area contributed by atoms with Crippen LogP contribution in [0.2, 0.25) is 0 Å². The van der Waals surface area contributed by atoms with Crippen LogP contribution in [-0.2, 0) is 0 Å². The first kappa shape index (κ1) is 12.9. The maximum atomic E-state index is 9.55. The zero-order valence-electron chi connectivity index (χ0n) is 9.08. The van der Waals surface area contributed by atoms with Crippen molar-refractivity contribution in [2.24, 2.45) is 0 Å². The lowest BCUT2D eigenvalue weighted by Crippen LogP contribution is -2.43. The van der Waals surface area contributed by atoms with Gasteiger partial charge in [-0.05, 0) is 13.0 Å². The summed E-state index contributed by atoms with van der Waals surface area (Å²) < 4.78 is 0. The van der Waals surface area contributed by atoms with Gasteiger partial charge in [0.05, 0.1) is 12.2 Å². The summed E-state index contributed by atoms with van der Waals surface area (Å²) in [6.07, 6.45) is -2.49. The maximum Gasteiger partial charge on any atom is 0.110 e. The normalized spacial score (nSPS) is 39.0. The van der Waals surface area contributed by atoms with E-state index in [-0.39, 0.29) is 0 Å². The quantitative estimate of drug-likeness (QED) is 0.466. The Kier molecular flexibility index (Phi) is 4.95. The fourth-order valence-corrected chi connectivity index (χ4v) is 1.84. The molecule has 0 spiro atoms. The highest BCUT2D eigenvalue weighted by molar-refractivity contribution is 4.88. The molecule has 1 heterocycles. The van der Waals surface area contributed by atoms with E-state index in [1.165, 1.54) is 0 Å². The van der Waals surface area contributed by atoms with Gasteiger partial charge in [0.1, 0.15) is 12.2 Å². The van der Waals surface area contributed by atoms with Crippen LogP contribution in [0.4, 0.5) is 0 Å². The molecule has 4 atom stereocenters. The number of β-amino-alcohol motifs (C(OH)–C–C–N with tert-alkyl or cyclic N) is 2. The van der Waals surface area contributed by atoms with E-state index in [0.717, 1.165) is 19.4 Å². The summed E-state index contributed by atoms with van der Waals surface area (Å²) in [5.74, 6) is 0. The van der Waals surface area contributed by atoms with Crippen LogP contribution >= 0.6 is 0 Å². The third-order valence-electron chi connectivity index (χ3n) is 2.86. The van der Waals surface area contributed by atoms with E-state index in [1.54, 1.807) is 0 Å². The molecule has 5 heteroatoms. The lowest BCUT2D eigenvalue weighted by molar-refractivity contribution is -0.0894. The van der Waals surface area contributed by atoms with Crippen molar-refractivity contribution in [3.63, 3.8) is 0 Å². The Labute approximate surface area is 90.0 Å². The summed E-state index contributed by atoms with van der Waals surface area (Å²) in [4.78, 5) is 1.87. The molecule has 0 unspecified atom stereocenters. The van der Waals surface area contributed by atoms with Crippen molar-refractivity contribution in [1.29, 1.82) is 0 Å². The van der Waals surface area contributed by atoms with Crippen LogP contribution in [0.5, 0.6) is 0 Å². The molecular weight excluding hydrogens is 198 g/mol. The second-order valence-electron chi connectivity index (χ2n) is 4.23. The first-order valence-electron chi connectivity index (χ1n) is 5.51. The van der Waals surface area contributed by atoms with Gasteiger partial charge in [0.25, 0.3) is 0 Å². The molecule has 0 radical (unpaired) electrons. The summed E-state index contributed by atoms with van der Waals surface area (Å²) >= 11 is 0. The minimum absolute atomic E-state index is 0.301. The maximum absolute atomic E-state index is 9.55. The molecule has 15 heavy (non-hydrogen) atoms. The van der Waals surface area contributed by atoms with Crippen LogP contribution in [0.1, 0.15) is 19.8 Å². The Morgan fingerprint density at radius 3 is 1.87 bits per heavy atom. The predicted octanol–water partition coefficient (Wildman–Crippen LogP) is -1.45. The average Bonchev–Trinajstić information content (AvgIpc) is 2.30. The van der Waals surface area contributed by atoms with E-state index in [1.807, 2.05) is 4.90 Å². The van der Waals surface area contributed by atoms with Crippen LogP contribution in [0, 0.1) is 0 Å². The fraction of sp³-hybridized carbons (Fsp3) is 1.00. The molecule has 0 bridgehead atoms. The van der Waals surface area contributed by atoms with Gasteiger partial charge in [-0.3, -0.25) is 4.90 Å². The molecule has 4 N–H and O–H groups in total. The van der Waals surface area contributed by atoms with Gasteiger partial charge in [0.2, 0.25) is 0 Å². The van der Waals surface area contributed by atoms with Crippen molar-refractivity contribution in [2.75, 3.05) is 19.6 Å². The molecule has 1 aliphatic rings. The zero-order valence-corrected chi connectivity index (χ0v) is 9.08. The van der Waals surface area contributed by atoms with Crippen molar-refractivity contribution in [1.82, 2.24) is 4.90 Å². The summed E-state index contributed by atoms with van der Waals surface area (Å²) in [6.45, 7) is 3.43. The standard InChI is InChI=1S/C10H21NO4/c1-2-3-4-11-5-7(12)9(14)10(15)8(13)6-11/h7-10,12-15H,2-6H2,1H3/t7-,8+,9+,10-. The molecule has 5 nitrogen and oxygen atoms in total. The Bertz CT molecular complexity index is 174. The number of hydrogen-bond acceptors (Lipinski definition) is 5. The molecule has 0 amide bonds. The van der Waals surface area contributed by atoms with Gasteiger partial charge in [0, 0.05) is 13.1 Å². The number of nitrogens with zero attached hydrogens (tertiary/aromatic N) is 1. The first-order valence-corrected chi connectivity index (χ1v) is 5.51. The van der Waals surface area contributed by atoms with Crippen molar-refractivity contribution < 1.29 is 20.4 Å². The number of aliphatic hydroxyl groups excluding tert-OH is 4. The molecule has 1 saturated heterocycles. The highest BCUT2D eigenvalue weighted by Gasteiger charge is 2.35. The minimum Gasteiger partial charge on any atom is -0.389 e. The zero-order chi connectivity index (χ0) is 11.4. The van der Waals surface area contributed by atoms with E-state index >= 15 is 0 Å². The number of likely N-dealkylation sites (tertiary alicyclic amines) is 1. The van der Waals surface area contributed by atoms with Gasteiger partial charge in [-0.1, -0.05) is 13.3 Å². The monoisotopic (exact) mass is 219 g/mol. The van der Waals surface area contributed by atoms with Gasteiger partial charge < -0.3 is 20.4 Å². The molecule has 1 fully saturated rings. The lowest BCUT2D eigenvalue weighted by Gasteiger charge is -2.22. The summed E-state index contributed by atoms with van der Waals surface area (Å²) in [5, 5.41) is 38.0. The number of aliphatic hydroxyl groups is 4. The second-order valence-corrected chi connectivity index (χ2v) is 4.23. The smallest absolute Gasteiger partial charge is 0.110 e. The van der Waals surface area contributed by atoms with E-state index in [2.05, 4.69) is 6.92 Å². The molecule has 0 aromatic heterocycles. The van der Waals surface area contributed by atoms with Gasteiger partial charge in [0.15, 0.2) is 0 Å². The predicted molar refractivity (Wildman–Crippen MR) is 55.4 cm³/mol. The topological polar surface area (TPSA) is 84.2 Å². The van der Waals surface area contributed by atoms with E-state index in [9.17, 15) is 20.4 Å². The van der Waals surface area contributed by atoms with Crippen LogP contribution in [0.25, 0.3) is 0 Å². The van der Waals surface area contributed by atoms with Crippen molar-refractivity contribution in [3.8, 4) is 0 Å². The molecule has 1 rings (SSSR count). The SMILES string of the molecule is CCCCN1C[C@@H](O)[C@H](O)[C@H](O)[C@@H](O)C1. The Hall–Kier alpha value is -0.200. The van der Waals surface area contributed by atoms with Crippen LogP contribution in [0.3, 0.4) is 0 Å². The first-order chi connectivity index (χ1) is 7.06. The van der Waals surface area contributed by atoms with Crippen molar-refractivity contribution >= 4 is 0 Å². The van der Waals surface area contributed by atoms with E-state index in [4.69, 9.17) is 0 Å². The van der Waals surface area contributed by atoms with E-state index < -0.39 is 24.4 Å². The minimum atomic E-state index is -1.26. The van der Waals surface area contributed by atoms with Crippen molar-refractivity contribution in [2.45, 2.75) is 44.2 Å². The molecule has 90 valence electrons. The van der Waals surface area contributed by atoms with Gasteiger partial charge >= 0.3 is 0 Å². The molecule has 0 aromatic carbocycles.